The van der Waals surface area contributed by atoms with Crippen LogP contribution in [0.1, 0.15) is 54.5 Å². The van der Waals surface area contributed by atoms with Crippen molar-refractivity contribution in [1.29, 1.82) is 0 Å². The van der Waals surface area contributed by atoms with E-state index in [0.29, 0.717) is 12.1 Å². The molecule has 1 fully saturated rings. The fourth-order valence-corrected chi connectivity index (χ4v) is 5.55. The average molecular weight is 587 g/mol. The minimum absolute atomic E-state index is 0.0627. The van der Waals surface area contributed by atoms with E-state index in [1.54, 1.807) is 25.2 Å². The molecule has 3 atom stereocenters. The number of aliphatic carboxylic acids is 1. The third-order valence-corrected chi connectivity index (χ3v) is 7.77. The van der Waals surface area contributed by atoms with Crippen molar-refractivity contribution in [3.05, 3.63) is 87.6 Å². The number of hydrogen-bond donors (Lipinski definition) is 2. The van der Waals surface area contributed by atoms with Crippen LogP contribution >= 0.6 is 0 Å². The van der Waals surface area contributed by atoms with Gasteiger partial charge in [-0.2, -0.15) is 31.4 Å². The number of carbonyl (C=O) groups is 1. The lowest BCUT2D eigenvalue weighted by Gasteiger charge is -2.52. The second-order valence-corrected chi connectivity index (χ2v) is 10.4. The number of aromatic amines is 1. The Labute approximate surface area is 230 Å². The maximum absolute atomic E-state index is 13.4. The summed E-state index contributed by atoms with van der Waals surface area (Å²) < 4.78 is 87.8. The molecule has 4 rings (SSSR count). The predicted octanol–water partition coefficient (Wildman–Crippen LogP) is 5.18. The Hall–Kier alpha value is -3.65. The molecule has 0 amide bonds. The first-order valence-electron chi connectivity index (χ1n) is 12.6. The van der Waals surface area contributed by atoms with Crippen molar-refractivity contribution < 1.29 is 41.0 Å². The van der Waals surface area contributed by atoms with Gasteiger partial charge in [-0.3, -0.25) is 14.3 Å². The molecule has 2 heterocycles. The highest BCUT2D eigenvalue weighted by Gasteiger charge is 2.50. The Morgan fingerprint density at radius 1 is 1.07 bits per heavy atom. The lowest BCUT2D eigenvalue weighted by atomic mass is 9.73. The van der Waals surface area contributed by atoms with Gasteiger partial charge in [-0.15, -0.1) is 0 Å². The third kappa shape index (κ3) is 6.17. The quantitative estimate of drug-likeness (QED) is 0.353. The summed E-state index contributed by atoms with van der Waals surface area (Å²) in [5, 5.41) is 15.7. The van der Waals surface area contributed by atoms with Gasteiger partial charge in [0.1, 0.15) is 6.33 Å². The SMILES string of the molecule is C[C@@H](OC[C@@]1(c2ccccc2)CC[C@](CC(=O)O)(n2cn[nH]c2=O)CN1C)c1cc(C(F)(F)F)cc(C(F)(F)F)c1. The molecule has 3 aromatic rings. The minimum atomic E-state index is -5.00. The molecule has 0 radical (unpaired) electrons. The van der Waals surface area contributed by atoms with Crippen molar-refractivity contribution in [2.24, 2.45) is 0 Å². The van der Waals surface area contributed by atoms with Crippen LogP contribution in [0.2, 0.25) is 0 Å². The molecule has 222 valence electrons. The zero-order valence-corrected chi connectivity index (χ0v) is 22.1. The van der Waals surface area contributed by atoms with Gasteiger partial charge in [-0.25, -0.2) is 9.89 Å². The fourth-order valence-electron chi connectivity index (χ4n) is 5.55. The lowest BCUT2D eigenvalue weighted by Crippen LogP contribution is -2.61. The van der Waals surface area contributed by atoms with E-state index in [2.05, 4.69) is 10.2 Å². The second kappa shape index (κ2) is 11.0. The molecule has 1 aliphatic rings. The molecule has 0 bridgehead atoms. The number of nitrogens with one attached hydrogen (secondary N) is 1. The number of likely N-dealkylation sites (tertiary alicyclic amines) is 1. The summed E-state index contributed by atoms with van der Waals surface area (Å²) in [7, 11) is 1.70. The summed E-state index contributed by atoms with van der Waals surface area (Å²) in [6, 6.07) is 10.3. The molecule has 0 spiro atoms. The molecule has 1 saturated heterocycles. The zero-order chi connectivity index (χ0) is 30.2. The van der Waals surface area contributed by atoms with Crippen molar-refractivity contribution in [2.45, 2.75) is 55.7 Å². The third-order valence-electron chi connectivity index (χ3n) is 7.77. The minimum Gasteiger partial charge on any atom is -0.481 e. The predicted molar refractivity (Wildman–Crippen MR) is 134 cm³/mol. The molecule has 0 unspecified atom stereocenters. The molecular formula is C27H28F6N4O4. The van der Waals surface area contributed by atoms with Crippen LogP contribution in [-0.4, -0.2) is 50.9 Å². The van der Waals surface area contributed by atoms with Crippen molar-refractivity contribution >= 4 is 5.97 Å². The highest BCUT2D eigenvalue weighted by Crippen LogP contribution is 2.45. The van der Waals surface area contributed by atoms with Gasteiger partial charge < -0.3 is 9.84 Å². The van der Waals surface area contributed by atoms with E-state index in [-0.39, 0.29) is 44.0 Å². The first kappa shape index (κ1) is 30.3. The lowest BCUT2D eigenvalue weighted by molar-refractivity contribution is -0.143. The fraction of sp³-hybridized carbons (Fsp3) is 0.444. The zero-order valence-electron chi connectivity index (χ0n) is 22.1. The van der Waals surface area contributed by atoms with Gasteiger partial charge in [0, 0.05) is 6.54 Å². The normalized spacial score (nSPS) is 22.9. The largest absolute Gasteiger partial charge is 0.481 e. The van der Waals surface area contributed by atoms with Crippen LogP contribution in [0.25, 0.3) is 0 Å². The number of rotatable bonds is 8. The molecule has 8 nitrogen and oxygen atoms in total. The Balaban J connectivity index is 1.69. The van der Waals surface area contributed by atoms with Crippen LogP contribution in [0.15, 0.2) is 59.7 Å². The van der Waals surface area contributed by atoms with E-state index >= 15 is 0 Å². The van der Waals surface area contributed by atoms with E-state index in [4.69, 9.17) is 4.74 Å². The summed E-state index contributed by atoms with van der Waals surface area (Å²) in [5.41, 5.74) is -5.11. The van der Waals surface area contributed by atoms with Crippen molar-refractivity contribution in [1.82, 2.24) is 19.7 Å². The van der Waals surface area contributed by atoms with Crippen molar-refractivity contribution in [3.8, 4) is 0 Å². The van der Waals surface area contributed by atoms with Gasteiger partial charge in [0.05, 0.1) is 41.3 Å². The van der Waals surface area contributed by atoms with Gasteiger partial charge >= 0.3 is 24.0 Å². The molecular weight excluding hydrogens is 558 g/mol. The Morgan fingerprint density at radius 2 is 1.68 bits per heavy atom. The molecule has 41 heavy (non-hydrogen) atoms. The van der Waals surface area contributed by atoms with Crippen LogP contribution < -0.4 is 5.69 Å². The highest BCUT2D eigenvalue weighted by atomic mass is 19.4. The standard InChI is InChI=1S/C27H28F6N4O4/c1-17(18-10-20(26(28,29)30)12-21(11-18)27(31,32)33)41-15-25(19-6-4-3-5-7-19)9-8-24(13-22(38)39,14-36(25)2)37-16-34-35-23(37)40/h3-7,10-12,16-17H,8-9,13-15H2,1-2H3,(H,35,40)(H,38,39)/t17-,24-,25-/m1/s1. The first-order chi connectivity index (χ1) is 19.1. The highest BCUT2D eigenvalue weighted by molar-refractivity contribution is 5.68. The Kier molecular flexibility index (Phi) is 8.11. The first-order valence-corrected chi connectivity index (χ1v) is 12.6. The topological polar surface area (TPSA) is 100 Å². The van der Waals surface area contributed by atoms with Gasteiger partial charge in [0.2, 0.25) is 0 Å². The Morgan fingerprint density at radius 3 is 2.17 bits per heavy atom. The number of hydrogen-bond acceptors (Lipinski definition) is 5. The number of ether oxygens (including phenoxy) is 1. The van der Waals surface area contributed by atoms with E-state index in [1.807, 2.05) is 17.0 Å². The maximum Gasteiger partial charge on any atom is 0.416 e. The van der Waals surface area contributed by atoms with Gasteiger partial charge in [-0.05, 0) is 56.1 Å². The monoisotopic (exact) mass is 586 g/mol. The number of halogens is 6. The summed E-state index contributed by atoms with van der Waals surface area (Å²) in [4.78, 5) is 26.1. The Bertz CT molecular complexity index is 1410. The van der Waals surface area contributed by atoms with E-state index < -0.39 is 52.3 Å². The number of nitrogens with zero attached hydrogens (tertiary/aromatic N) is 3. The van der Waals surface area contributed by atoms with E-state index in [1.165, 1.54) is 17.8 Å². The van der Waals surface area contributed by atoms with Crippen LogP contribution in [0.5, 0.6) is 0 Å². The summed E-state index contributed by atoms with van der Waals surface area (Å²) in [6.07, 6.45) is -9.86. The summed E-state index contributed by atoms with van der Waals surface area (Å²) >= 11 is 0. The van der Waals surface area contributed by atoms with Crippen molar-refractivity contribution in [2.75, 3.05) is 20.2 Å². The van der Waals surface area contributed by atoms with Gasteiger partial charge in [0.15, 0.2) is 0 Å². The molecule has 2 N–H and O–H groups in total. The molecule has 1 aliphatic heterocycles. The van der Waals surface area contributed by atoms with E-state index in [9.17, 15) is 41.0 Å². The number of aromatic nitrogens is 3. The number of alkyl halides is 6. The number of carboxylic acid groups (broad SMARTS) is 1. The van der Waals surface area contributed by atoms with Crippen molar-refractivity contribution in [3.63, 3.8) is 0 Å². The smallest absolute Gasteiger partial charge is 0.416 e. The number of likely N-dealkylation sites (N-methyl/N-ethyl adjacent to an activating group) is 1. The molecule has 1 aromatic heterocycles. The number of benzene rings is 2. The van der Waals surface area contributed by atoms with Crippen LogP contribution in [-0.2, 0) is 33.0 Å². The maximum atomic E-state index is 13.4. The average Bonchev–Trinajstić information content (AvgIpc) is 3.33. The van der Waals surface area contributed by atoms with Crippen LogP contribution in [0, 0.1) is 0 Å². The summed E-state index contributed by atoms with van der Waals surface area (Å²) in [6.45, 7) is 1.29. The number of piperidine rings is 1. The van der Waals surface area contributed by atoms with E-state index in [0.717, 1.165) is 5.56 Å². The molecule has 0 aliphatic carbocycles. The second-order valence-electron chi connectivity index (χ2n) is 10.4. The molecule has 2 aromatic carbocycles. The van der Waals surface area contributed by atoms with Crippen LogP contribution in [0.4, 0.5) is 26.3 Å². The molecule has 0 saturated carbocycles. The number of H-pyrrole nitrogens is 1. The van der Waals surface area contributed by atoms with Gasteiger partial charge in [-0.1, -0.05) is 30.3 Å². The van der Waals surface area contributed by atoms with Gasteiger partial charge in [0.25, 0.3) is 0 Å². The molecule has 14 heteroatoms. The summed E-state index contributed by atoms with van der Waals surface area (Å²) in [5.74, 6) is -1.13. The van der Waals surface area contributed by atoms with Crippen LogP contribution in [0.3, 0.4) is 0 Å². The number of carboxylic acids is 1.